The number of nitrogens with one attached hydrogen (secondary N) is 2. The van der Waals surface area contributed by atoms with Crippen molar-refractivity contribution in [1.82, 2.24) is 0 Å². The standard InChI is InChI=1S/C24H16F4N2O4/c1-11-9-13(29-24(32)17-18(25)20(27)22(33-2)21(28)19(17)26)7-8-14(11)30-23(31)16-10-12-5-3-4-6-15(12)34-16/h3-10H,1-2H3,(H,29,32)(H,30,31). The van der Waals surface area contributed by atoms with Crippen molar-refractivity contribution in [3.8, 4) is 5.75 Å². The monoisotopic (exact) mass is 472 g/mol. The summed E-state index contributed by atoms with van der Waals surface area (Å²) in [5.41, 5.74) is 0.0429. The minimum Gasteiger partial charge on any atom is -0.491 e. The van der Waals surface area contributed by atoms with E-state index in [0.717, 1.165) is 12.5 Å². The highest BCUT2D eigenvalue weighted by atomic mass is 19.2. The number of hydrogen-bond acceptors (Lipinski definition) is 4. The first-order valence-corrected chi connectivity index (χ1v) is 9.83. The molecule has 4 rings (SSSR count). The number of benzene rings is 3. The minimum atomic E-state index is -1.89. The first-order chi connectivity index (χ1) is 16.2. The first kappa shape index (κ1) is 22.8. The van der Waals surface area contributed by atoms with E-state index in [1.807, 2.05) is 6.07 Å². The molecule has 3 aromatic carbocycles. The number of rotatable bonds is 5. The molecule has 0 spiro atoms. The average Bonchev–Trinajstić information content (AvgIpc) is 3.25. The van der Waals surface area contributed by atoms with Gasteiger partial charge >= 0.3 is 0 Å². The van der Waals surface area contributed by atoms with Crippen molar-refractivity contribution in [2.24, 2.45) is 0 Å². The zero-order valence-electron chi connectivity index (χ0n) is 17.8. The molecule has 1 aromatic heterocycles. The van der Waals surface area contributed by atoms with Crippen molar-refractivity contribution in [2.45, 2.75) is 6.92 Å². The first-order valence-electron chi connectivity index (χ1n) is 9.83. The van der Waals surface area contributed by atoms with Crippen molar-refractivity contribution in [2.75, 3.05) is 17.7 Å². The van der Waals surface area contributed by atoms with Crippen LogP contribution in [0, 0.1) is 30.2 Å². The van der Waals surface area contributed by atoms with Gasteiger partial charge in [-0.15, -0.1) is 0 Å². The Morgan fingerprint density at radius 1 is 0.853 bits per heavy atom. The molecule has 4 aromatic rings. The van der Waals surface area contributed by atoms with Gasteiger partial charge in [0.15, 0.2) is 23.1 Å². The molecule has 0 atom stereocenters. The van der Waals surface area contributed by atoms with Gasteiger partial charge in [0.05, 0.1) is 7.11 Å². The highest BCUT2D eigenvalue weighted by Gasteiger charge is 2.30. The topological polar surface area (TPSA) is 80.6 Å². The van der Waals surface area contributed by atoms with Gasteiger partial charge in [0.25, 0.3) is 11.8 Å². The summed E-state index contributed by atoms with van der Waals surface area (Å²) in [7, 11) is 0.831. The van der Waals surface area contributed by atoms with Crippen LogP contribution in [-0.2, 0) is 0 Å². The van der Waals surface area contributed by atoms with Gasteiger partial charge in [0.2, 0.25) is 11.6 Å². The van der Waals surface area contributed by atoms with Crippen LogP contribution < -0.4 is 15.4 Å². The smallest absolute Gasteiger partial charge is 0.291 e. The minimum absolute atomic E-state index is 0.0691. The second-order valence-corrected chi connectivity index (χ2v) is 7.25. The average molecular weight is 472 g/mol. The van der Waals surface area contributed by atoms with Crippen LogP contribution in [0.4, 0.5) is 28.9 Å². The van der Waals surface area contributed by atoms with Crippen molar-refractivity contribution in [3.63, 3.8) is 0 Å². The van der Waals surface area contributed by atoms with E-state index in [9.17, 15) is 27.2 Å². The third-order valence-electron chi connectivity index (χ3n) is 5.04. The normalized spacial score (nSPS) is 10.9. The molecular weight excluding hydrogens is 456 g/mol. The largest absolute Gasteiger partial charge is 0.491 e. The summed E-state index contributed by atoms with van der Waals surface area (Å²) in [5.74, 6) is -10.5. The maximum absolute atomic E-state index is 14.2. The summed E-state index contributed by atoms with van der Waals surface area (Å²) in [6, 6.07) is 12.9. The summed E-state index contributed by atoms with van der Waals surface area (Å²) in [5, 5.41) is 5.60. The van der Waals surface area contributed by atoms with Gasteiger partial charge in [-0.1, -0.05) is 18.2 Å². The van der Waals surface area contributed by atoms with E-state index in [-0.39, 0.29) is 11.4 Å². The molecule has 0 aliphatic heterocycles. The number of carbonyl (C=O) groups is 2. The third kappa shape index (κ3) is 4.05. The lowest BCUT2D eigenvalue weighted by Crippen LogP contribution is -2.19. The highest BCUT2D eigenvalue weighted by Crippen LogP contribution is 2.30. The van der Waals surface area contributed by atoms with E-state index < -0.39 is 46.4 Å². The Balaban J connectivity index is 1.54. The molecule has 2 N–H and O–H groups in total. The summed E-state index contributed by atoms with van der Waals surface area (Å²) >= 11 is 0. The summed E-state index contributed by atoms with van der Waals surface area (Å²) in [6.07, 6.45) is 0. The Kier molecular flexibility index (Phi) is 5.97. The SMILES string of the molecule is COc1c(F)c(F)c(C(=O)Nc2ccc(NC(=O)c3cc4ccccc4o3)c(C)c2)c(F)c1F. The molecule has 1 heterocycles. The van der Waals surface area contributed by atoms with E-state index in [1.165, 1.54) is 18.2 Å². The molecule has 34 heavy (non-hydrogen) atoms. The molecule has 0 unspecified atom stereocenters. The van der Waals surface area contributed by atoms with Crippen LogP contribution in [0.25, 0.3) is 11.0 Å². The number of para-hydroxylation sites is 1. The predicted molar refractivity (Wildman–Crippen MR) is 116 cm³/mol. The van der Waals surface area contributed by atoms with Gasteiger partial charge in [0, 0.05) is 16.8 Å². The number of carbonyl (C=O) groups excluding carboxylic acids is 2. The van der Waals surface area contributed by atoms with Crippen molar-refractivity contribution in [3.05, 3.63) is 88.7 Å². The predicted octanol–water partition coefficient (Wildman–Crippen LogP) is 5.81. The van der Waals surface area contributed by atoms with Crippen LogP contribution in [-0.4, -0.2) is 18.9 Å². The van der Waals surface area contributed by atoms with Crippen molar-refractivity contribution < 1.29 is 36.3 Å². The second kappa shape index (κ2) is 8.89. The lowest BCUT2D eigenvalue weighted by Gasteiger charge is -2.13. The summed E-state index contributed by atoms with van der Waals surface area (Å²) in [4.78, 5) is 24.9. The molecule has 0 saturated heterocycles. The molecule has 6 nitrogen and oxygen atoms in total. The number of fused-ring (bicyclic) bond motifs is 1. The Morgan fingerprint density at radius 2 is 1.53 bits per heavy atom. The number of amides is 2. The van der Waals surface area contributed by atoms with E-state index in [2.05, 4.69) is 15.4 Å². The fraction of sp³-hybridized carbons (Fsp3) is 0.0833. The lowest BCUT2D eigenvalue weighted by atomic mass is 10.1. The molecule has 174 valence electrons. The number of furan rings is 1. The lowest BCUT2D eigenvalue weighted by molar-refractivity contribution is 0.0994. The van der Waals surface area contributed by atoms with Crippen molar-refractivity contribution in [1.29, 1.82) is 0 Å². The Labute approximate surface area is 190 Å². The number of anilines is 2. The summed E-state index contributed by atoms with van der Waals surface area (Å²) in [6.45, 7) is 1.61. The van der Waals surface area contributed by atoms with Crippen LogP contribution in [0.5, 0.6) is 5.75 Å². The molecule has 2 amide bonds. The summed E-state index contributed by atoms with van der Waals surface area (Å²) < 4.78 is 66.0. The van der Waals surface area contributed by atoms with E-state index >= 15 is 0 Å². The Bertz CT molecular complexity index is 1390. The van der Waals surface area contributed by atoms with Gasteiger partial charge in [-0.2, -0.15) is 8.78 Å². The Morgan fingerprint density at radius 3 is 2.15 bits per heavy atom. The van der Waals surface area contributed by atoms with Gasteiger partial charge in [-0.05, 0) is 42.8 Å². The quantitative estimate of drug-likeness (QED) is 0.284. The van der Waals surface area contributed by atoms with Gasteiger partial charge < -0.3 is 19.8 Å². The van der Waals surface area contributed by atoms with Gasteiger partial charge in [0.1, 0.15) is 11.1 Å². The van der Waals surface area contributed by atoms with E-state index in [4.69, 9.17) is 4.42 Å². The number of hydrogen-bond donors (Lipinski definition) is 2. The molecule has 0 aliphatic carbocycles. The van der Waals surface area contributed by atoms with Gasteiger partial charge in [-0.3, -0.25) is 9.59 Å². The van der Waals surface area contributed by atoms with E-state index in [1.54, 1.807) is 31.2 Å². The molecule has 0 radical (unpaired) electrons. The maximum atomic E-state index is 14.2. The van der Waals surface area contributed by atoms with Crippen LogP contribution >= 0.6 is 0 Å². The zero-order valence-corrected chi connectivity index (χ0v) is 17.8. The van der Waals surface area contributed by atoms with E-state index in [0.29, 0.717) is 16.8 Å². The number of methoxy groups -OCH3 is 1. The fourth-order valence-electron chi connectivity index (χ4n) is 3.34. The Hall–Kier alpha value is -4.34. The van der Waals surface area contributed by atoms with Crippen LogP contribution in [0.3, 0.4) is 0 Å². The number of aryl methyl sites for hydroxylation is 1. The molecule has 0 saturated carbocycles. The molecule has 0 bridgehead atoms. The van der Waals surface area contributed by atoms with Crippen LogP contribution in [0.2, 0.25) is 0 Å². The zero-order chi connectivity index (χ0) is 24.6. The maximum Gasteiger partial charge on any atom is 0.291 e. The molecule has 10 heteroatoms. The van der Waals surface area contributed by atoms with Crippen LogP contribution in [0.15, 0.2) is 52.9 Å². The molecule has 0 aliphatic rings. The van der Waals surface area contributed by atoms with Crippen LogP contribution in [0.1, 0.15) is 26.5 Å². The fourth-order valence-corrected chi connectivity index (χ4v) is 3.34. The second-order valence-electron chi connectivity index (χ2n) is 7.25. The third-order valence-corrected chi connectivity index (χ3v) is 5.04. The number of halogens is 4. The molecular formula is C24H16F4N2O4. The van der Waals surface area contributed by atoms with Gasteiger partial charge in [-0.25, -0.2) is 8.78 Å². The highest BCUT2D eigenvalue weighted by molar-refractivity contribution is 6.06. The van der Waals surface area contributed by atoms with Crippen molar-refractivity contribution >= 4 is 34.2 Å². The molecule has 0 fully saturated rings. The number of ether oxygens (including phenoxy) is 1.